The van der Waals surface area contributed by atoms with Gasteiger partial charge in [0.15, 0.2) is 10.3 Å². The number of benzene rings is 4. The highest BCUT2D eigenvalue weighted by atomic mass is 79.9. The maximum absolute atomic E-state index is 13.0. The number of hydrogen-bond acceptors (Lipinski definition) is 11. The standard InChI is InChI=1S/C20H19Cl2N3O3S2.C19H16BrCl2N3O2S2/c1-28-16-4-2-3-14(11-16)18-13-29-20(23-18)24-7-9-25(10-8-24)30(26,27)19-6-5-15(21)12-17(19)22;20-14-3-1-2-13(10-14)17-12-28-19(23-17)24-6-8-25(9-7-24)29(26,27)18-5-4-15(21)11-16(18)22/h2-6,11-13H,7-10H2,1H3;1-5,10-12H,6-9H2. The molecule has 20 heteroatoms. The third kappa shape index (κ3) is 10.2. The van der Waals surface area contributed by atoms with Gasteiger partial charge in [0, 0.05) is 88.8 Å². The van der Waals surface area contributed by atoms with Gasteiger partial charge in [-0.3, -0.25) is 0 Å². The molecule has 2 saturated heterocycles. The molecular formula is C39H35BrCl4N6O5S4. The van der Waals surface area contributed by atoms with Gasteiger partial charge < -0.3 is 14.5 Å². The number of piperazine rings is 2. The van der Waals surface area contributed by atoms with Gasteiger partial charge in [-0.2, -0.15) is 8.61 Å². The van der Waals surface area contributed by atoms with Crippen LogP contribution in [0.15, 0.2) is 110 Å². The molecule has 2 aliphatic rings. The fraction of sp³-hybridized carbons (Fsp3) is 0.231. The first-order chi connectivity index (χ1) is 28.2. The number of sulfonamides is 2. The number of rotatable bonds is 9. The van der Waals surface area contributed by atoms with Crippen LogP contribution in [0.3, 0.4) is 0 Å². The predicted octanol–water partition coefficient (Wildman–Crippen LogP) is 10.0. The van der Waals surface area contributed by atoms with Gasteiger partial charge in [-0.05, 0) is 60.7 Å². The molecule has 0 unspecified atom stereocenters. The lowest BCUT2D eigenvalue weighted by atomic mass is 10.2. The average Bonchev–Trinajstić information content (AvgIpc) is 3.93. The van der Waals surface area contributed by atoms with Crippen molar-refractivity contribution in [1.29, 1.82) is 0 Å². The first kappa shape index (κ1) is 44.1. The maximum atomic E-state index is 13.0. The summed E-state index contributed by atoms with van der Waals surface area (Å²) in [5.74, 6) is 0.779. The lowest BCUT2D eigenvalue weighted by Crippen LogP contribution is -2.48. The highest BCUT2D eigenvalue weighted by Gasteiger charge is 2.32. The molecule has 0 amide bonds. The van der Waals surface area contributed by atoms with Crippen LogP contribution in [0.25, 0.3) is 22.5 Å². The Morgan fingerprint density at radius 1 is 0.593 bits per heavy atom. The van der Waals surface area contributed by atoms with E-state index in [1.807, 2.05) is 59.3 Å². The molecule has 2 fully saturated rings. The fourth-order valence-corrected chi connectivity index (χ4v) is 12.9. The monoisotopic (exact) mass is 1010 g/mol. The van der Waals surface area contributed by atoms with E-state index in [1.165, 1.54) is 45.0 Å². The van der Waals surface area contributed by atoms with Crippen molar-refractivity contribution in [1.82, 2.24) is 18.6 Å². The molecule has 6 aromatic rings. The molecular weight excluding hydrogens is 982 g/mol. The summed E-state index contributed by atoms with van der Waals surface area (Å²) in [5.41, 5.74) is 3.81. The van der Waals surface area contributed by atoms with Crippen LogP contribution in [0, 0.1) is 0 Å². The van der Waals surface area contributed by atoms with Crippen molar-refractivity contribution in [3.63, 3.8) is 0 Å². The lowest BCUT2D eigenvalue weighted by molar-refractivity contribution is 0.384. The Balaban J connectivity index is 0.000000179. The molecule has 2 aromatic heterocycles. The Hall–Kier alpha value is -3.00. The second-order valence-electron chi connectivity index (χ2n) is 13.2. The largest absolute Gasteiger partial charge is 0.497 e. The molecule has 0 N–H and O–H groups in total. The van der Waals surface area contributed by atoms with Gasteiger partial charge in [-0.1, -0.05) is 86.6 Å². The first-order valence-electron chi connectivity index (χ1n) is 17.9. The van der Waals surface area contributed by atoms with Crippen molar-refractivity contribution in [2.24, 2.45) is 0 Å². The molecule has 0 spiro atoms. The number of anilines is 2. The molecule has 2 aliphatic heterocycles. The van der Waals surface area contributed by atoms with Crippen LogP contribution in [0.5, 0.6) is 5.75 Å². The summed E-state index contributed by atoms with van der Waals surface area (Å²) in [5, 5.41) is 6.86. The second-order valence-corrected chi connectivity index (χ2v) is 21.3. The Kier molecular flexibility index (Phi) is 14.2. The maximum Gasteiger partial charge on any atom is 0.244 e. The summed E-state index contributed by atoms with van der Waals surface area (Å²) < 4.78 is 61.0. The Bertz CT molecular complexity index is 2670. The number of thiazole rings is 2. The zero-order valence-corrected chi connectivity index (χ0v) is 39.0. The van der Waals surface area contributed by atoms with E-state index in [-0.39, 0.29) is 19.8 Å². The van der Waals surface area contributed by atoms with Crippen molar-refractivity contribution in [3.05, 3.63) is 120 Å². The minimum Gasteiger partial charge on any atom is -0.497 e. The number of ether oxygens (including phenoxy) is 1. The van der Waals surface area contributed by atoms with Crippen LogP contribution in [-0.2, 0) is 20.0 Å². The van der Waals surface area contributed by atoms with E-state index >= 15 is 0 Å². The van der Waals surface area contributed by atoms with Gasteiger partial charge in [-0.15, -0.1) is 22.7 Å². The topological polar surface area (TPSA) is 116 Å². The third-order valence-electron chi connectivity index (χ3n) is 9.51. The Labute approximate surface area is 379 Å². The molecule has 0 aliphatic carbocycles. The van der Waals surface area contributed by atoms with Gasteiger partial charge >= 0.3 is 0 Å². The number of aromatic nitrogens is 2. The van der Waals surface area contributed by atoms with E-state index in [2.05, 4.69) is 25.7 Å². The van der Waals surface area contributed by atoms with Crippen LogP contribution >= 0.6 is 85.0 Å². The zero-order valence-electron chi connectivity index (χ0n) is 31.1. The van der Waals surface area contributed by atoms with Crippen molar-refractivity contribution in [2.75, 3.05) is 69.3 Å². The van der Waals surface area contributed by atoms with Crippen molar-refractivity contribution in [3.8, 4) is 28.3 Å². The molecule has 4 heterocycles. The summed E-state index contributed by atoms with van der Waals surface area (Å²) in [4.78, 5) is 13.8. The van der Waals surface area contributed by atoms with Gasteiger partial charge in [0.05, 0.1) is 28.5 Å². The fourth-order valence-electron chi connectivity index (χ4n) is 6.40. The average molecular weight is 1020 g/mol. The molecule has 4 aromatic carbocycles. The minimum absolute atomic E-state index is 0.0802. The summed E-state index contributed by atoms with van der Waals surface area (Å²) in [6.45, 7) is 3.68. The van der Waals surface area contributed by atoms with E-state index in [1.54, 1.807) is 29.8 Å². The van der Waals surface area contributed by atoms with Crippen LogP contribution in [0.4, 0.5) is 10.3 Å². The minimum atomic E-state index is -3.68. The SMILES string of the molecule is COc1cccc(-c2csc(N3CCN(S(=O)(=O)c4ccc(Cl)cc4Cl)CC3)n2)c1.O=S(=O)(c1ccc(Cl)cc1Cl)N1CCN(c2nc(-c3cccc(Br)c3)cs2)CC1. The summed E-state index contributed by atoms with van der Waals surface area (Å²) >= 11 is 30.6. The van der Waals surface area contributed by atoms with E-state index in [0.717, 1.165) is 43.0 Å². The molecule has 11 nitrogen and oxygen atoms in total. The summed E-state index contributed by atoms with van der Waals surface area (Å²) in [6, 6.07) is 24.6. The van der Waals surface area contributed by atoms with Crippen LogP contribution in [0.1, 0.15) is 0 Å². The van der Waals surface area contributed by atoms with Gasteiger partial charge in [0.25, 0.3) is 0 Å². The summed E-state index contributed by atoms with van der Waals surface area (Å²) in [6.07, 6.45) is 0. The van der Waals surface area contributed by atoms with E-state index in [0.29, 0.717) is 62.4 Å². The molecule has 8 rings (SSSR count). The predicted molar refractivity (Wildman–Crippen MR) is 244 cm³/mol. The second kappa shape index (κ2) is 18.9. The highest BCUT2D eigenvalue weighted by molar-refractivity contribution is 9.10. The quantitative estimate of drug-likeness (QED) is 0.140. The summed E-state index contributed by atoms with van der Waals surface area (Å²) in [7, 11) is -5.70. The van der Waals surface area contributed by atoms with E-state index in [9.17, 15) is 16.8 Å². The number of methoxy groups -OCH3 is 1. The lowest BCUT2D eigenvalue weighted by Gasteiger charge is -2.33. The molecule has 310 valence electrons. The van der Waals surface area contributed by atoms with Crippen molar-refractivity contribution >= 4 is 115 Å². The van der Waals surface area contributed by atoms with Crippen molar-refractivity contribution in [2.45, 2.75) is 9.79 Å². The van der Waals surface area contributed by atoms with E-state index in [4.69, 9.17) is 61.1 Å². The first-order valence-corrected chi connectivity index (χ1v) is 24.9. The highest BCUT2D eigenvalue weighted by Crippen LogP contribution is 2.34. The Morgan fingerprint density at radius 3 is 1.46 bits per heavy atom. The van der Waals surface area contributed by atoms with Crippen LogP contribution in [-0.4, -0.2) is 94.9 Å². The normalized spacial score (nSPS) is 15.5. The molecule has 59 heavy (non-hydrogen) atoms. The van der Waals surface area contributed by atoms with E-state index < -0.39 is 20.0 Å². The number of nitrogens with zero attached hydrogens (tertiary/aromatic N) is 6. The van der Waals surface area contributed by atoms with Crippen molar-refractivity contribution < 1.29 is 21.6 Å². The molecule has 0 radical (unpaired) electrons. The van der Waals surface area contributed by atoms with Crippen LogP contribution < -0.4 is 14.5 Å². The zero-order chi connectivity index (χ0) is 41.9. The third-order valence-corrected chi connectivity index (χ3v) is 17.0. The smallest absolute Gasteiger partial charge is 0.244 e. The number of hydrogen-bond donors (Lipinski definition) is 0. The molecule has 0 saturated carbocycles. The molecule has 0 bridgehead atoms. The van der Waals surface area contributed by atoms with Gasteiger partial charge in [-0.25, -0.2) is 26.8 Å². The van der Waals surface area contributed by atoms with Gasteiger partial charge in [0.2, 0.25) is 20.0 Å². The van der Waals surface area contributed by atoms with Gasteiger partial charge in [0.1, 0.15) is 15.5 Å². The Morgan fingerprint density at radius 2 is 1.03 bits per heavy atom. The number of halogens is 5. The van der Waals surface area contributed by atoms with Crippen LogP contribution in [0.2, 0.25) is 20.1 Å². The molecule has 0 atom stereocenters.